The van der Waals surface area contributed by atoms with Crippen molar-refractivity contribution in [3.63, 3.8) is 0 Å². The van der Waals surface area contributed by atoms with Gasteiger partial charge in [-0.3, -0.25) is 4.79 Å². The molecule has 0 saturated heterocycles. The third-order valence-corrected chi connectivity index (χ3v) is 2.91. The summed E-state index contributed by atoms with van der Waals surface area (Å²) in [5.74, 6) is -0.412. The fourth-order valence-corrected chi connectivity index (χ4v) is 1.90. The van der Waals surface area contributed by atoms with Crippen molar-refractivity contribution in [3.05, 3.63) is 52.6 Å². The summed E-state index contributed by atoms with van der Waals surface area (Å²) in [4.78, 5) is 11.8. The zero-order valence-electron chi connectivity index (χ0n) is 11.7. The first-order valence-electron chi connectivity index (χ1n) is 6.70. The minimum absolute atomic E-state index is 0.00112. The summed E-state index contributed by atoms with van der Waals surface area (Å²) >= 11 is 0. The third kappa shape index (κ3) is 3.96. The van der Waals surface area contributed by atoms with E-state index in [1.54, 1.807) is 18.2 Å². The molecule has 112 valence electrons. The lowest BCUT2D eigenvalue weighted by atomic mass is 10.1. The van der Waals surface area contributed by atoms with Crippen LogP contribution in [0.5, 0.6) is 0 Å². The highest BCUT2D eigenvalue weighted by Crippen LogP contribution is 2.18. The first-order valence-corrected chi connectivity index (χ1v) is 6.70. The average molecular weight is 292 g/mol. The van der Waals surface area contributed by atoms with Gasteiger partial charge < -0.3 is 9.84 Å². The van der Waals surface area contributed by atoms with Gasteiger partial charge in [0.2, 0.25) is 0 Å². The van der Waals surface area contributed by atoms with Crippen LogP contribution in [0.3, 0.4) is 0 Å². The van der Waals surface area contributed by atoms with Gasteiger partial charge >= 0.3 is 0 Å². The fraction of sp³-hybridized carbons (Fsp3) is 0.333. The molecule has 1 atom stereocenters. The number of aromatic nitrogens is 2. The van der Waals surface area contributed by atoms with Crippen LogP contribution in [0.2, 0.25) is 0 Å². The van der Waals surface area contributed by atoms with E-state index < -0.39 is 11.9 Å². The topological polar surface area (TPSA) is 64.3 Å². The van der Waals surface area contributed by atoms with Gasteiger partial charge in [-0.25, -0.2) is 9.07 Å². The smallest absolute Gasteiger partial charge is 0.266 e. The molecule has 0 radical (unpaired) electrons. The maximum atomic E-state index is 13.7. The first-order chi connectivity index (χ1) is 10.1. The van der Waals surface area contributed by atoms with E-state index in [-0.39, 0.29) is 18.7 Å². The third-order valence-electron chi connectivity index (χ3n) is 2.91. The molecule has 2 rings (SSSR count). The van der Waals surface area contributed by atoms with Crippen molar-refractivity contribution in [2.24, 2.45) is 0 Å². The van der Waals surface area contributed by atoms with E-state index in [4.69, 9.17) is 4.74 Å². The Morgan fingerprint density at radius 1 is 1.33 bits per heavy atom. The molecule has 0 aliphatic carbocycles. The van der Waals surface area contributed by atoms with Crippen molar-refractivity contribution in [2.75, 3.05) is 13.2 Å². The highest BCUT2D eigenvalue weighted by Gasteiger charge is 2.11. The molecule has 1 aromatic heterocycles. The molecule has 1 heterocycles. The number of benzene rings is 1. The highest BCUT2D eigenvalue weighted by atomic mass is 19.1. The Bertz CT molecular complexity index is 657. The lowest BCUT2D eigenvalue weighted by Crippen LogP contribution is -2.31. The van der Waals surface area contributed by atoms with Crippen LogP contribution in [0.4, 0.5) is 4.39 Å². The van der Waals surface area contributed by atoms with Crippen molar-refractivity contribution in [1.29, 1.82) is 0 Å². The number of nitrogens with zero attached hydrogens (tertiary/aromatic N) is 2. The van der Waals surface area contributed by atoms with Crippen LogP contribution in [0.25, 0.3) is 11.3 Å². The van der Waals surface area contributed by atoms with E-state index in [9.17, 15) is 14.3 Å². The Morgan fingerprint density at radius 3 is 2.81 bits per heavy atom. The maximum Gasteiger partial charge on any atom is 0.266 e. The molecule has 21 heavy (non-hydrogen) atoms. The fourth-order valence-electron chi connectivity index (χ4n) is 1.90. The van der Waals surface area contributed by atoms with E-state index in [1.807, 2.05) is 6.92 Å². The van der Waals surface area contributed by atoms with Crippen LogP contribution < -0.4 is 5.56 Å². The van der Waals surface area contributed by atoms with Gasteiger partial charge in [-0.15, -0.1) is 0 Å². The van der Waals surface area contributed by atoms with E-state index >= 15 is 0 Å². The molecule has 0 aliphatic rings. The Labute approximate surface area is 121 Å². The zero-order chi connectivity index (χ0) is 15.2. The standard InChI is InChI=1S/C15H17FN2O3/c1-2-21-10-11(19)9-18-15(20)8-7-14(17-18)12-5-3-4-6-13(12)16/h3-8,11,19H,2,9-10H2,1H3/t11-/m1/s1. The highest BCUT2D eigenvalue weighted by molar-refractivity contribution is 5.58. The van der Waals surface area contributed by atoms with Gasteiger partial charge in [-0.05, 0) is 25.1 Å². The normalized spacial score (nSPS) is 12.3. The zero-order valence-corrected chi connectivity index (χ0v) is 11.7. The lowest BCUT2D eigenvalue weighted by Gasteiger charge is -2.12. The molecule has 0 amide bonds. The SMILES string of the molecule is CCOC[C@H](O)Cn1nc(-c2ccccc2F)ccc1=O. The summed E-state index contributed by atoms with van der Waals surface area (Å²) < 4.78 is 19.9. The number of hydrogen-bond acceptors (Lipinski definition) is 4. The molecule has 5 nitrogen and oxygen atoms in total. The predicted octanol–water partition coefficient (Wildman–Crippen LogP) is 1.45. The molecule has 2 aromatic rings. The van der Waals surface area contributed by atoms with Crippen molar-refractivity contribution < 1.29 is 14.2 Å². The van der Waals surface area contributed by atoms with Crippen LogP contribution >= 0.6 is 0 Å². The molecule has 0 unspecified atom stereocenters. The number of hydrogen-bond donors (Lipinski definition) is 1. The number of rotatable bonds is 6. The van der Waals surface area contributed by atoms with Gasteiger partial charge in [0, 0.05) is 18.2 Å². The lowest BCUT2D eigenvalue weighted by molar-refractivity contribution is 0.0309. The predicted molar refractivity (Wildman–Crippen MR) is 76.4 cm³/mol. The molecule has 1 aromatic carbocycles. The molecule has 0 bridgehead atoms. The van der Waals surface area contributed by atoms with Crippen LogP contribution in [0, 0.1) is 5.82 Å². The Morgan fingerprint density at radius 2 is 2.10 bits per heavy atom. The average Bonchev–Trinajstić information content (AvgIpc) is 2.48. The summed E-state index contributed by atoms with van der Waals surface area (Å²) in [6.07, 6.45) is -0.842. The van der Waals surface area contributed by atoms with Gasteiger partial charge in [0.15, 0.2) is 0 Å². The van der Waals surface area contributed by atoms with Crippen LogP contribution in [-0.2, 0) is 11.3 Å². The first kappa shape index (κ1) is 15.3. The molecular weight excluding hydrogens is 275 g/mol. The number of ether oxygens (including phenoxy) is 1. The van der Waals surface area contributed by atoms with Crippen molar-refractivity contribution >= 4 is 0 Å². The number of aliphatic hydroxyl groups excluding tert-OH is 1. The second-order valence-electron chi connectivity index (χ2n) is 4.53. The molecule has 0 aliphatic heterocycles. The van der Waals surface area contributed by atoms with E-state index in [0.29, 0.717) is 17.9 Å². The summed E-state index contributed by atoms with van der Waals surface area (Å²) in [5, 5.41) is 13.9. The Balaban J connectivity index is 2.26. The second kappa shape index (κ2) is 7.10. The summed E-state index contributed by atoms with van der Waals surface area (Å²) in [7, 11) is 0. The van der Waals surface area contributed by atoms with Gasteiger partial charge in [0.1, 0.15) is 5.82 Å². The maximum absolute atomic E-state index is 13.7. The molecule has 1 N–H and O–H groups in total. The minimum atomic E-state index is -0.842. The summed E-state index contributed by atoms with van der Waals surface area (Å²) in [6, 6.07) is 8.97. The minimum Gasteiger partial charge on any atom is -0.389 e. The molecule has 0 spiro atoms. The molecule has 0 fully saturated rings. The second-order valence-corrected chi connectivity index (χ2v) is 4.53. The van der Waals surface area contributed by atoms with Crippen LogP contribution in [0.1, 0.15) is 6.92 Å². The molecule has 0 saturated carbocycles. The van der Waals surface area contributed by atoms with Crippen molar-refractivity contribution in [3.8, 4) is 11.3 Å². The quantitative estimate of drug-likeness (QED) is 0.875. The van der Waals surface area contributed by atoms with E-state index in [2.05, 4.69) is 5.10 Å². The summed E-state index contributed by atoms with van der Waals surface area (Å²) in [5.41, 5.74) is 0.299. The number of aliphatic hydroxyl groups is 1. The monoisotopic (exact) mass is 292 g/mol. The van der Waals surface area contributed by atoms with Gasteiger partial charge in [0.05, 0.1) is 24.9 Å². The summed E-state index contributed by atoms with van der Waals surface area (Å²) in [6.45, 7) is 2.42. The Hall–Kier alpha value is -2.05. The van der Waals surface area contributed by atoms with E-state index in [1.165, 1.54) is 18.2 Å². The van der Waals surface area contributed by atoms with Crippen molar-refractivity contribution in [2.45, 2.75) is 19.6 Å². The number of halogens is 1. The largest absolute Gasteiger partial charge is 0.389 e. The molecule has 6 heteroatoms. The van der Waals surface area contributed by atoms with Crippen LogP contribution in [0.15, 0.2) is 41.2 Å². The van der Waals surface area contributed by atoms with Gasteiger partial charge in [-0.2, -0.15) is 5.10 Å². The van der Waals surface area contributed by atoms with Gasteiger partial charge in [-0.1, -0.05) is 12.1 Å². The van der Waals surface area contributed by atoms with Crippen LogP contribution in [-0.4, -0.2) is 34.2 Å². The van der Waals surface area contributed by atoms with Crippen molar-refractivity contribution in [1.82, 2.24) is 9.78 Å². The Kier molecular flexibility index (Phi) is 5.19. The van der Waals surface area contributed by atoms with E-state index in [0.717, 1.165) is 4.68 Å². The van der Waals surface area contributed by atoms with Gasteiger partial charge in [0.25, 0.3) is 5.56 Å². The molecular formula is C15H17FN2O3.